The van der Waals surface area contributed by atoms with Crippen molar-refractivity contribution in [2.24, 2.45) is 11.8 Å². The zero-order valence-electron chi connectivity index (χ0n) is 14.2. The van der Waals surface area contributed by atoms with E-state index < -0.39 is 10.0 Å². The van der Waals surface area contributed by atoms with E-state index >= 15 is 0 Å². The highest BCUT2D eigenvalue weighted by Crippen LogP contribution is 2.46. The molecule has 1 aromatic carbocycles. The monoisotopic (exact) mass is 350 g/mol. The SMILES string of the molecule is COc1ccc(S(=O)(=O)N2CCN([C@@H]3C[C@H]4CC[C@H]3C4)CC2)cc1. The average Bonchev–Trinajstić information content (AvgIpc) is 3.25. The number of benzene rings is 1. The van der Waals surface area contributed by atoms with Gasteiger partial charge in [0.25, 0.3) is 0 Å². The summed E-state index contributed by atoms with van der Waals surface area (Å²) in [7, 11) is -1.81. The minimum atomic E-state index is -3.39. The van der Waals surface area contributed by atoms with Crippen LogP contribution in [0.3, 0.4) is 0 Å². The van der Waals surface area contributed by atoms with Crippen molar-refractivity contribution in [2.45, 2.75) is 36.6 Å². The second kappa shape index (κ2) is 6.32. The van der Waals surface area contributed by atoms with E-state index in [1.54, 1.807) is 35.7 Å². The number of ether oxygens (including phenoxy) is 1. The van der Waals surface area contributed by atoms with E-state index in [2.05, 4.69) is 4.90 Å². The van der Waals surface area contributed by atoms with Crippen LogP contribution in [0.25, 0.3) is 0 Å². The van der Waals surface area contributed by atoms with E-state index in [0.717, 1.165) is 24.9 Å². The van der Waals surface area contributed by atoms with Gasteiger partial charge in [-0.3, -0.25) is 4.90 Å². The maximum atomic E-state index is 12.8. The lowest BCUT2D eigenvalue weighted by Crippen LogP contribution is -2.53. The van der Waals surface area contributed by atoms with Crippen LogP contribution in [0.2, 0.25) is 0 Å². The topological polar surface area (TPSA) is 49.9 Å². The van der Waals surface area contributed by atoms with Crippen molar-refractivity contribution in [3.8, 4) is 5.75 Å². The van der Waals surface area contributed by atoms with Crippen LogP contribution in [0.4, 0.5) is 0 Å². The highest BCUT2D eigenvalue weighted by Gasteiger charge is 2.43. The molecule has 3 atom stereocenters. The summed E-state index contributed by atoms with van der Waals surface area (Å²) in [6, 6.07) is 7.39. The van der Waals surface area contributed by atoms with Crippen molar-refractivity contribution >= 4 is 10.0 Å². The number of nitrogens with zero attached hydrogens (tertiary/aromatic N) is 2. The molecule has 1 heterocycles. The Hall–Kier alpha value is -1.11. The van der Waals surface area contributed by atoms with Gasteiger partial charge in [-0.25, -0.2) is 8.42 Å². The molecule has 3 fully saturated rings. The largest absolute Gasteiger partial charge is 0.497 e. The Morgan fingerprint density at radius 2 is 1.71 bits per heavy atom. The molecule has 0 aromatic heterocycles. The van der Waals surface area contributed by atoms with Gasteiger partial charge in [-0.1, -0.05) is 6.42 Å². The molecule has 0 radical (unpaired) electrons. The van der Waals surface area contributed by atoms with Gasteiger partial charge in [-0.2, -0.15) is 4.31 Å². The fourth-order valence-electron chi connectivity index (χ4n) is 4.83. The summed E-state index contributed by atoms with van der Waals surface area (Å²) in [6.07, 6.45) is 5.51. The second-order valence-electron chi connectivity index (χ2n) is 7.36. The number of fused-ring (bicyclic) bond motifs is 2. The van der Waals surface area contributed by atoms with Crippen LogP contribution in [-0.2, 0) is 10.0 Å². The van der Waals surface area contributed by atoms with E-state index in [0.29, 0.717) is 29.8 Å². The summed E-state index contributed by atoms with van der Waals surface area (Å²) in [5, 5.41) is 0. The van der Waals surface area contributed by atoms with Gasteiger partial charge in [0.2, 0.25) is 10.0 Å². The third-order valence-electron chi connectivity index (χ3n) is 6.14. The Balaban J connectivity index is 1.41. The van der Waals surface area contributed by atoms with Gasteiger partial charge in [0.1, 0.15) is 5.75 Å². The van der Waals surface area contributed by atoms with Gasteiger partial charge in [0.15, 0.2) is 0 Å². The predicted molar refractivity (Wildman–Crippen MR) is 92.6 cm³/mol. The minimum Gasteiger partial charge on any atom is -0.497 e. The van der Waals surface area contributed by atoms with E-state index in [1.165, 1.54) is 25.7 Å². The third kappa shape index (κ3) is 2.85. The van der Waals surface area contributed by atoms with Crippen LogP contribution in [0.5, 0.6) is 5.75 Å². The maximum absolute atomic E-state index is 12.8. The first kappa shape index (κ1) is 16.4. The molecule has 1 aromatic rings. The first-order chi connectivity index (χ1) is 11.6. The van der Waals surface area contributed by atoms with Gasteiger partial charge in [0, 0.05) is 32.2 Å². The number of hydrogen-bond acceptors (Lipinski definition) is 4. The molecule has 0 spiro atoms. The van der Waals surface area contributed by atoms with Crippen LogP contribution in [0, 0.1) is 11.8 Å². The van der Waals surface area contributed by atoms with Gasteiger partial charge in [0.05, 0.1) is 12.0 Å². The lowest BCUT2D eigenvalue weighted by Gasteiger charge is -2.40. The van der Waals surface area contributed by atoms with Crippen LogP contribution in [-0.4, -0.2) is 57.0 Å². The van der Waals surface area contributed by atoms with Crippen molar-refractivity contribution in [3.05, 3.63) is 24.3 Å². The molecule has 2 saturated carbocycles. The Bertz CT molecular complexity index is 681. The predicted octanol–water partition coefficient (Wildman–Crippen LogP) is 2.19. The van der Waals surface area contributed by atoms with Gasteiger partial charge < -0.3 is 4.74 Å². The summed E-state index contributed by atoms with van der Waals surface area (Å²) in [6.45, 7) is 2.93. The first-order valence-corrected chi connectivity index (χ1v) is 10.4. The average molecular weight is 350 g/mol. The summed E-state index contributed by atoms with van der Waals surface area (Å²) < 4.78 is 32.4. The number of methoxy groups -OCH3 is 1. The normalized spacial score (nSPS) is 31.5. The van der Waals surface area contributed by atoms with Crippen LogP contribution in [0.1, 0.15) is 25.7 Å². The molecule has 132 valence electrons. The molecular formula is C18H26N2O3S. The Morgan fingerprint density at radius 3 is 2.25 bits per heavy atom. The van der Waals surface area contributed by atoms with E-state index in [-0.39, 0.29) is 0 Å². The van der Waals surface area contributed by atoms with Crippen molar-refractivity contribution < 1.29 is 13.2 Å². The van der Waals surface area contributed by atoms with E-state index in [1.807, 2.05) is 0 Å². The molecule has 3 aliphatic rings. The molecule has 2 aliphatic carbocycles. The molecule has 6 heteroatoms. The third-order valence-corrected chi connectivity index (χ3v) is 8.05. The number of hydrogen-bond donors (Lipinski definition) is 0. The molecular weight excluding hydrogens is 324 g/mol. The zero-order valence-corrected chi connectivity index (χ0v) is 15.0. The molecule has 24 heavy (non-hydrogen) atoms. The molecule has 0 unspecified atom stereocenters. The van der Waals surface area contributed by atoms with Crippen molar-refractivity contribution in [1.29, 1.82) is 0 Å². The summed E-state index contributed by atoms with van der Waals surface area (Å²) in [5.74, 6) is 2.47. The van der Waals surface area contributed by atoms with E-state index in [9.17, 15) is 8.42 Å². The second-order valence-corrected chi connectivity index (χ2v) is 9.30. The number of sulfonamides is 1. The van der Waals surface area contributed by atoms with Gasteiger partial charge in [-0.05, 0) is 55.4 Å². The summed E-state index contributed by atoms with van der Waals surface area (Å²) >= 11 is 0. The van der Waals surface area contributed by atoms with Crippen LogP contribution >= 0.6 is 0 Å². The standard InChI is InChI=1S/C18H26N2O3S/c1-23-16-4-6-17(7-5-16)24(21,22)20-10-8-19(9-11-20)18-13-14-2-3-15(18)12-14/h4-7,14-15,18H,2-3,8-13H2,1H3/t14-,15-,18+/m0/s1. The molecule has 2 bridgehead atoms. The quantitative estimate of drug-likeness (QED) is 0.835. The number of piperazine rings is 1. The molecule has 4 rings (SSSR count). The zero-order chi connectivity index (χ0) is 16.7. The van der Waals surface area contributed by atoms with Gasteiger partial charge >= 0.3 is 0 Å². The lowest BCUT2D eigenvalue weighted by atomic mass is 9.93. The van der Waals surface area contributed by atoms with Gasteiger partial charge in [-0.15, -0.1) is 0 Å². The highest BCUT2D eigenvalue weighted by atomic mass is 32.2. The smallest absolute Gasteiger partial charge is 0.243 e. The summed E-state index contributed by atoms with van der Waals surface area (Å²) in [5.41, 5.74) is 0. The molecule has 1 aliphatic heterocycles. The molecule has 0 amide bonds. The van der Waals surface area contributed by atoms with Crippen LogP contribution in [0.15, 0.2) is 29.2 Å². The minimum absolute atomic E-state index is 0.358. The lowest BCUT2D eigenvalue weighted by molar-refractivity contribution is 0.101. The Kier molecular flexibility index (Phi) is 4.31. The van der Waals surface area contributed by atoms with Crippen molar-refractivity contribution in [3.63, 3.8) is 0 Å². The highest BCUT2D eigenvalue weighted by molar-refractivity contribution is 7.89. The van der Waals surface area contributed by atoms with Crippen molar-refractivity contribution in [2.75, 3.05) is 33.3 Å². The first-order valence-electron chi connectivity index (χ1n) is 8.96. The molecule has 5 nitrogen and oxygen atoms in total. The Labute approximate surface area is 144 Å². The molecule has 0 N–H and O–H groups in total. The van der Waals surface area contributed by atoms with Crippen LogP contribution < -0.4 is 4.74 Å². The fourth-order valence-corrected chi connectivity index (χ4v) is 6.25. The van der Waals surface area contributed by atoms with Crippen molar-refractivity contribution in [1.82, 2.24) is 9.21 Å². The summed E-state index contributed by atoms with van der Waals surface area (Å²) in [4.78, 5) is 2.90. The Morgan fingerprint density at radius 1 is 1.00 bits per heavy atom. The maximum Gasteiger partial charge on any atom is 0.243 e. The molecule has 1 saturated heterocycles. The number of rotatable bonds is 4. The fraction of sp³-hybridized carbons (Fsp3) is 0.667. The van der Waals surface area contributed by atoms with E-state index in [4.69, 9.17) is 4.74 Å².